The topological polar surface area (TPSA) is 63.7 Å². The molecule has 0 aromatic rings. The van der Waals surface area contributed by atoms with Crippen molar-refractivity contribution in [1.29, 1.82) is 0 Å². The fourth-order valence-corrected chi connectivity index (χ4v) is 4.71. The maximum absolute atomic E-state index is 12.4. The summed E-state index contributed by atoms with van der Waals surface area (Å²) in [5.41, 5.74) is 0. The predicted octanol–water partition coefficient (Wildman–Crippen LogP) is 1.000. The smallest absolute Gasteiger partial charge is 0.310 e. The summed E-state index contributed by atoms with van der Waals surface area (Å²) in [7, 11) is -0.423. The molecule has 104 valence electrons. The van der Waals surface area contributed by atoms with Gasteiger partial charge < -0.3 is 4.74 Å². The average Bonchev–Trinajstić information content (AvgIpc) is 3.00. The van der Waals surface area contributed by atoms with E-state index in [9.17, 15) is 13.2 Å². The van der Waals surface area contributed by atoms with Gasteiger partial charge in [-0.1, -0.05) is 6.42 Å². The van der Waals surface area contributed by atoms with Crippen LogP contribution in [0.2, 0.25) is 0 Å². The molecule has 0 saturated heterocycles. The van der Waals surface area contributed by atoms with E-state index in [1.165, 1.54) is 11.4 Å². The molecule has 0 aromatic carbocycles. The van der Waals surface area contributed by atoms with Gasteiger partial charge in [-0.2, -0.15) is 0 Å². The van der Waals surface area contributed by atoms with Crippen LogP contribution < -0.4 is 0 Å². The minimum absolute atomic E-state index is 0.388. The van der Waals surface area contributed by atoms with E-state index >= 15 is 0 Å². The average molecular weight is 275 g/mol. The lowest BCUT2D eigenvalue weighted by atomic mass is 10.1. The van der Waals surface area contributed by atoms with Crippen LogP contribution in [0, 0.1) is 11.8 Å². The molecule has 0 spiro atoms. The quantitative estimate of drug-likeness (QED) is 0.702. The number of nitrogens with zero attached hydrogens (tertiary/aromatic N) is 1. The maximum atomic E-state index is 12.4. The summed E-state index contributed by atoms with van der Waals surface area (Å²) in [6, 6.07) is 0. The molecule has 0 N–H and O–H groups in total. The summed E-state index contributed by atoms with van der Waals surface area (Å²) in [6.45, 7) is 0.590. The van der Waals surface area contributed by atoms with Gasteiger partial charge in [0, 0.05) is 13.6 Å². The third-order valence-corrected chi connectivity index (χ3v) is 6.33. The van der Waals surface area contributed by atoms with Gasteiger partial charge in [-0.3, -0.25) is 4.79 Å². The van der Waals surface area contributed by atoms with E-state index in [1.54, 1.807) is 7.05 Å². The Bertz CT molecular complexity index is 416. The third-order valence-electron chi connectivity index (χ3n) is 3.99. The van der Waals surface area contributed by atoms with Crippen LogP contribution in [0.1, 0.15) is 32.1 Å². The zero-order valence-electron chi connectivity index (χ0n) is 11.0. The second kappa shape index (κ2) is 5.17. The number of rotatable bonds is 5. The normalized spacial score (nSPS) is 28.6. The van der Waals surface area contributed by atoms with Crippen molar-refractivity contribution < 1.29 is 17.9 Å². The fraction of sp³-hybridized carbons (Fsp3) is 0.917. The molecule has 2 fully saturated rings. The Labute approximate surface area is 109 Å². The monoisotopic (exact) mass is 275 g/mol. The largest absolute Gasteiger partial charge is 0.469 e. The van der Waals surface area contributed by atoms with Crippen LogP contribution >= 0.6 is 0 Å². The molecule has 0 amide bonds. The molecule has 0 radical (unpaired) electrons. The Kier molecular flexibility index (Phi) is 3.96. The van der Waals surface area contributed by atoms with Crippen molar-refractivity contribution in [2.75, 3.05) is 20.7 Å². The first-order chi connectivity index (χ1) is 8.46. The lowest BCUT2D eigenvalue weighted by Crippen LogP contribution is -2.41. The molecule has 0 aliphatic heterocycles. The zero-order valence-corrected chi connectivity index (χ0v) is 11.8. The summed E-state index contributed by atoms with van der Waals surface area (Å²) in [4.78, 5) is 11.6. The number of hydrogen-bond donors (Lipinski definition) is 0. The molecule has 5 nitrogen and oxygen atoms in total. The van der Waals surface area contributed by atoms with E-state index in [0.29, 0.717) is 25.3 Å². The molecular formula is C12H21NO4S. The van der Waals surface area contributed by atoms with Gasteiger partial charge in [0.05, 0.1) is 18.3 Å². The summed E-state index contributed by atoms with van der Waals surface area (Å²) >= 11 is 0. The molecule has 2 rings (SSSR count). The van der Waals surface area contributed by atoms with Gasteiger partial charge in [-0.05, 0) is 31.6 Å². The van der Waals surface area contributed by atoms with E-state index in [1.807, 2.05) is 0 Å². The molecule has 2 saturated carbocycles. The SMILES string of the molecule is COC(=O)C1CCCC1S(=O)(=O)N(C)CC1CC1. The van der Waals surface area contributed by atoms with E-state index in [0.717, 1.165) is 19.3 Å². The van der Waals surface area contributed by atoms with Crippen LogP contribution in [-0.2, 0) is 19.6 Å². The molecular weight excluding hydrogens is 254 g/mol. The molecule has 2 aliphatic rings. The molecule has 0 heterocycles. The van der Waals surface area contributed by atoms with Gasteiger partial charge in [-0.25, -0.2) is 12.7 Å². The van der Waals surface area contributed by atoms with Crippen molar-refractivity contribution in [1.82, 2.24) is 4.31 Å². The van der Waals surface area contributed by atoms with Gasteiger partial charge in [0.1, 0.15) is 0 Å². The first-order valence-electron chi connectivity index (χ1n) is 6.49. The zero-order chi connectivity index (χ0) is 13.3. The standard InChI is InChI=1S/C12H21NO4S/c1-13(8-9-6-7-9)18(15,16)11-5-3-4-10(11)12(14)17-2/h9-11H,3-8H2,1-2H3. The lowest BCUT2D eigenvalue weighted by Gasteiger charge is -2.24. The van der Waals surface area contributed by atoms with Crippen LogP contribution in [0.3, 0.4) is 0 Å². The summed E-state index contributed by atoms with van der Waals surface area (Å²) in [5.74, 6) is -0.356. The van der Waals surface area contributed by atoms with E-state index in [2.05, 4.69) is 0 Å². The van der Waals surface area contributed by atoms with E-state index < -0.39 is 21.2 Å². The van der Waals surface area contributed by atoms with Crippen molar-refractivity contribution in [2.45, 2.75) is 37.4 Å². The molecule has 18 heavy (non-hydrogen) atoms. The number of carbonyl (C=O) groups excluding carboxylic acids is 1. The molecule has 2 aliphatic carbocycles. The van der Waals surface area contributed by atoms with Gasteiger partial charge in [0.25, 0.3) is 0 Å². The first-order valence-corrected chi connectivity index (χ1v) is 8.00. The van der Waals surface area contributed by atoms with Crippen LogP contribution in [0.5, 0.6) is 0 Å². The van der Waals surface area contributed by atoms with E-state index in [-0.39, 0.29) is 5.97 Å². The molecule has 2 unspecified atom stereocenters. The van der Waals surface area contributed by atoms with Gasteiger partial charge in [0.2, 0.25) is 10.0 Å². The minimum Gasteiger partial charge on any atom is -0.469 e. The summed E-state index contributed by atoms with van der Waals surface area (Å²) in [5, 5.41) is -0.589. The van der Waals surface area contributed by atoms with Gasteiger partial charge in [-0.15, -0.1) is 0 Å². The molecule has 0 bridgehead atoms. The van der Waals surface area contributed by atoms with Gasteiger partial charge >= 0.3 is 5.97 Å². The summed E-state index contributed by atoms with van der Waals surface area (Å²) < 4.78 is 31.0. The maximum Gasteiger partial charge on any atom is 0.310 e. The van der Waals surface area contributed by atoms with Crippen LogP contribution in [-0.4, -0.2) is 44.6 Å². The second-order valence-electron chi connectivity index (χ2n) is 5.37. The van der Waals surface area contributed by atoms with Crippen molar-refractivity contribution in [3.8, 4) is 0 Å². The van der Waals surface area contributed by atoms with Crippen molar-refractivity contribution in [2.24, 2.45) is 11.8 Å². The highest BCUT2D eigenvalue weighted by Gasteiger charge is 2.44. The van der Waals surface area contributed by atoms with Crippen LogP contribution in [0.15, 0.2) is 0 Å². The Hall–Kier alpha value is -0.620. The van der Waals surface area contributed by atoms with Crippen molar-refractivity contribution >= 4 is 16.0 Å². The lowest BCUT2D eigenvalue weighted by molar-refractivity contribution is -0.145. The van der Waals surface area contributed by atoms with Crippen molar-refractivity contribution in [3.63, 3.8) is 0 Å². The van der Waals surface area contributed by atoms with E-state index in [4.69, 9.17) is 4.74 Å². The number of ether oxygens (including phenoxy) is 1. The second-order valence-corrected chi connectivity index (χ2v) is 7.63. The number of esters is 1. The summed E-state index contributed by atoms with van der Waals surface area (Å²) in [6.07, 6.45) is 4.20. The highest BCUT2D eigenvalue weighted by molar-refractivity contribution is 7.89. The molecule has 2 atom stereocenters. The number of sulfonamides is 1. The Balaban J connectivity index is 2.09. The number of carbonyl (C=O) groups is 1. The highest BCUT2D eigenvalue weighted by Crippen LogP contribution is 2.35. The predicted molar refractivity (Wildman–Crippen MR) is 67.4 cm³/mol. The Morgan fingerprint density at radius 2 is 1.94 bits per heavy atom. The number of methoxy groups -OCH3 is 1. The third kappa shape index (κ3) is 2.69. The highest BCUT2D eigenvalue weighted by atomic mass is 32.2. The minimum atomic E-state index is -3.37. The first kappa shape index (κ1) is 13.8. The van der Waals surface area contributed by atoms with Crippen LogP contribution in [0.25, 0.3) is 0 Å². The number of hydrogen-bond acceptors (Lipinski definition) is 4. The molecule has 6 heteroatoms. The Morgan fingerprint density at radius 1 is 1.28 bits per heavy atom. The molecule has 0 aromatic heterocycles. The Morgan fingerprint density at radius 3 is 2.50 bits per heavy atom. The van der Waals surface area contributed by atoms with Gasteiger partial charge in [0.15, 0.2) is 0 Å². The van der Waals surface area contributed by atoms with Crippen LogP contribution in [0.4, 0.5) is 0 Å². The van der Waals surface area contributed by atoms with Crippen molar-refractivity contribution in [3.05, 3.63) is 0 Å². The fourth-order valence-electron chi connectivity index (χ4n) is 2.70.